The molecule has 0 spiro atoms. The fourth-order valence-corrected chi connectivity index (χ4v) is 5.21. The van der Waals surface area contributed by atoms with Gasteiger partial charge in [-0.15, -0.1) is 0 Å². The maximum atomic E-state index is 5.93. The van der Waals surface area contributed by atoms with E-state index in [-0.39, 0.29) is 18.2 Å². The summed E-state index contributed by atoms with van der Waals surface area (Å²) in [7, 11) is 0. The van der Waals surface area contributed by atoms with E-state index in [0.29, 0.717) is 0 Å². The second kappa shape index (κ2) is 10.4. The van der Waals surface area contributed by atoms with Crippen LogP contribution in [0.2, 0.25) is 0 Å². The van der Waals surface area contributed by atoms with Gasteiger partial charge in [-0.1, -0.05) is 24.3 Å². The van der Waals surface area contributed by atoms with E-state index in [1.54, 1.807) is 0 Å². The van der Waals surface area contributed by atoms with E-state index in [1.165, 1.54) is 5.69 Å². The Hall–Kier alpha value is -2.90. The maximum absolute atomic E-state index is 5.93. The van der Waals surface area contributed by atoms with Crippen LogP contribution in [0.4, 0.5) is 5.69 Å². The topological polar surface area (TPSA) is 54.4 Å². The van der Waals surface area contributed by atoms with Crippen LogP contribution in [0.3, 0.4) is 0 Å². The molecule has 2 aliphatic rings. The molecule has 172 valence electrons. The van der Waals surface area contributed by atoms with Crippen molar-refractivity contribution in [3.63, 3.8) is 0 Å². The molecule has 3 aromatic rings. The van der Waals surface area contributed by atoms with Crippen LogP contribution in [0.5, 0.6) is 0 Å². The normalized spacial score (nSPS) is 22.5. The molecule has 0 aliphatic carbocycles. The van der Waals surface area contributed by atoms with Crippen LogP contribution in [0.25, 0.3) is 0 Å². The van der Waals surface area contributed by atoms with E-state index < -0.39 is 0 Å². The van der Waals surface area contributed by atoms with Gasteiger partial charge in [0.1, 0.15) is 0 Å². The zero-order chi connectivity index (χ0) is 22.5. The maximum Gasteiger partial charge on any atom is 0.170 e. The highest BCUT2D eigenvalue weighted by atomic mass is 32.1. The van der Waals surface area contributed by atoms with Gasteiger partial charge in [-0.2, -0.15) is 0 Å². The lowest BCUT2D eigenvalue weighted by Crippen LogP contribution is -2.32. The van der Waals surface area contributed by atoms with Crippen molar-refractivity contribution in [2.45, 2.75) is 44.0 Å². The molecular weight excluding hydrogens is 430 g/mol. The fourth-order valence-electron chi connectivity index (χ4n) is 4.88. The van der Waals surface area contributed by atoms with Gasteiger partial charge in [0.15, 0.2) is 5.11 Å². The summed E-state index contributed by atoms with van der Waals surface area (Å²) in [5, 5.41) is 7.87. The van der Waals surface area contributed by atoms with Crippen molar-refractivity contribution in [3.8, 4) is 0 Å². The minimum absolute atomic E-state index is 0.0129. The van der Waals surface area contributed by atoms with Crippen LogP contribution < -0.4 is 10.6 Å². The largest absolute Gasteiger partial charge is 0.385 e. The van der Waals surface area contributed by atoms with Crippen LogP contribution in [0, 0.1) is 0 Å². The van der Waals surface area contributed by atoms with Gasteiger partial charge in [-0.3, -0.25) is 4.98 Å². The number of nitrogens with zero attached hydrogens (tertiary/aromatic N) is 3. The first-order valence-corrected chi connectivity index (χ1v) is 12.2. The fraction of sp³-hybridized carbons (Fsp3) is 0.385. The van der Waals surface area contributed by atoms with Gasteiger partial charge in [0.05, 0.1) is 23.9 Å². The summed E-state index contributed by atoms with van der Waals surface area (Å²) in [5.41, 5.74) is 3.41. The number of pyridine rings is 1. The number of para-hydroxylation sites is 1. The van der Waals surface area contributed by atoms with Gasteiger partial charge in [0, 0.05) is 50.0 Å². The minimum atomic E-state index is 0.0129. The third kappa shape index (κ3) is 5.04. The van der Waals surface area contributed by atoms with Crippen LogP contribution in [0.1, 0.15) is 42.7 Å². The molecule has 0 saturated carbocycles. The van der Waals surface area contributed by atoms with Crippen LogP contribution in [0.15, 0.2) is 73.1 Å². The average molecular weight is 462 g/mol. The molecule has 2 fully saturated rings. The number of hydrogen-bond donors (Lipinski definition) is 2. The molecule has 0 amide bonds. The summed E-state index contributed by atoms with van der Waals surface area (Å²) in [6.07, 6.45) is 7.56. The van der Waals surface area contributed by atoms with Crippen LogP contribution >= 0.6 is 12.2 Å². The molecule has 7 heteroatoms. The zero-order valence-electron chi connectivity index (χ0n) is 18.8. The van der Waals surface area contributed by atoms with E-state index in [9.17, 15) is 0 Å². The summed E-state index contributed by atoms with van der Waals surface area (Å²) >= 11 is 5.83. The lowest BCUT2D eigenvalue weighted by atomic mass is 10.0. The highest BCUT2D eigenvalue weighted by Crippen LogP contribution is 2.39. The second-order valence-electron chi connectivity index (χ2n) is 8.69. The predicted molar refractivity (Wildman–Crippen MR) is 135 cm³/mol. The Bertz CT molecular complexity index is 1040. The molecule has 0 bridgehead atoms. The van der Waals surface area contributed by atoms with Gasteiger partial charge in [-0.25, -0.2) is 0 Å². The first-order chi connectivity index (χ1) is 16.3. The number of benzene rings is 1. The van der Waals surface area contributed by atoms with Crippen molar-refractivity contribution in [1.29, 1.82) is 0 Å². The van der Waals surface area contributed by atoms with Crippen molar-refractivity contribution < 1.29 is 4.74 Å². The lowest BCUT2D eigenvalue weighted by Gasteiger charge is -2.29. The molecule has 3 atom stereocenters. The predicted octanol–water partition coefficient (Wildman–Crippen LogP) is 4.54. The summed E-state index contributed by atoms with van der Waals surface area (Å²) in [6, 6.07) is 20.9. The summed E-state index contributed by atoms with van der Waals surface area (Å²) in [5.74, 6) is 0. The van der Waals surface area contributed by atoms with Crippen molar-refractivity contribution in [2.24, 2.45) is 0 Å². The van der Waals surface area contributed by atoms with Crippen LogP contribution in [-0.2, 0) is 11.3 Å². The van der Waals surface area contributed by atoms with Gasteiger partial charge >= 0.3 is 0 Å². The van der Waals surface area contributed by atoms with E-state index in [4.69, 9.17) is 17.0 Å². The molecule has 6 nitrogen and oxygen atoms in total. The Balaban J connectivity index is 1.35. The Morgan fingerprint density at radius 1 is 1.09 bits per heavy atom. The summed E-state index contributed by atoms with van der Waals surface area (Å²) in [4.78, 5) is 7.00. The summed E-state index contributed by atoms with van der Waals surface area (Å²) in [6.45, 7) is 3.50. The third-order valence-corrected chi connectivity index (χ3v) is 6.82. The molecular formula is C26H31N5OS. The monoisotopic (exact) mass is 461 g/mol. The van der Waals surface area contributed by atoms with Crippen molar-refractivity contribution in [3.05, 3.63) is 84.4 Å². The molecule has 33 heavy (non-hydrogen) atoms. The minimum Gasteiger partial charge on any atom is -0.385 e. The zero-order valence-corrected chi connectivity index (χ0v) is 19.6. The Kier molecular flexibility index (Phi) is 6.88. The third-order valence-electron chi connectivity index (χ3n) is 6.47. The molecule has 2 aromatic heterocycles. The number of rotatable bonds is 9. The highest BCUT2D eigenvalue weighted by Gasteiger charge is 2.41. The Morgan fingerprint density at radius 3 is 2.76 bits per heavy atom. The highest BCUT2D eigenvalue weighted by molar-refractivity contribution is 7.80. The van der Waals surface area contributed by atoms with Gasteiger partial charge < -0.3 is 24.8 Å². The second-order valence-corrected chi connectivity index (χ2v) is 9.07. The number of nitrogens with one attached hydrogen (secondary N) is 2. The first-order valence-electron chi connectivity index (χ1n) is 11.8. The van der Waals surface area contributed by atoms with Crippen molar-refractivity contribution in [1.82, 2.24) is 19.8 Å². The molecule has 2 saturated heterocycles. The molecule has 0 unspecified atom stereocenters. The molecule has 5 rings (SSSR count). The Morgan fingerprint density at radius 2 is 1.97 bits per heavy atom. The van der Waals surface area contributed by atoms with Gasteiger partial charge in [0.2, 0.25) is 0 Å². The van der Waals surface area contributed by atoms with E-state index >= 15 is 0 Å². The van der Waals surface area contributed by atoms with Gasteiger partial charge in [0.25, 0.3) is 0 Å². The lowest BCUT2D eigenvalue weighted by molar-refractivity contribution is 0.0953. The molecule has 2 N–H and O–H groups in total. The molecule has 0 radical (unpaired) electrons. The molecule has 2 aliphatic heterocycles. The quantitative estimate of drug-likeness (QED) is 0.361. The van der Waals surface area contributed by atoms with Crippen LogP contribution in [-0.4, -0.2) is 45.4 Å². The van der Waals surface area contributed by atoms with Crippen molar-refractivity contribution in [2.75, 3.05) is 25.0 Å². The molecule has 1 aromatic carbocycles. The van der Waals surface area contributed by atoms with E-state index in [1.807, 2.05) is 24.4 Å². The average Bonchev–Trinajstić information content (AvgIpc) is 3.59. The smallest absolute Gasteiger partial charge is 0.170 e. The van der Waals surface area contributed by atoms with E-state index in [0.717, 1.165) is 62.0 Å². The van der Waals surface area contributed by atoms with Crippen molar-refractivity contribution >= 4 is 23.0 Å². The number of thiocarbonyl (C=S) groups is 1. The van der Waals surface area contributed by atoms with E-state index in [2.05, 4.69) is 73.7 Å². The number of anilines is 1. The molecule has 4 heterocycles. The first kappa shape index (κ1) is 21.9. The van der Waals surface area contributed by atoms with Gasteiger partial charge in [-0.05, 0) is 67.9 Å². The Labute approximate surface area is 201 Å². The number of hydrogen-bond acceptors (Lipinski definition) is 4. The standard InChI is InChI=1S/C26H31N5OS/c33-26-29-24(22-12-4-5-14-28-22)25(23-13-6-16-30(23)19-21-11-7-18-32-21)31(26)17-8-15-27-20-9-2-1-3-10-20/h1-6,9-10,12-14,16,21,24-25,27H,7-8,11,15,17-19H2,(H,29,33)/t21-,24-,25-/m0/s1. The number of ether oxygens (including phenoxy) is 1. The number of aromatic nitrogens is 2. The SMILES string of the molecule is S=C1N[C@@H](c2ccccn2)[C@H](c2cccn2C[C@@H]2CCCO2)N1CCCNc1ccccc1. The summed E-state index contributed by atoms with van der Waals surface area (Å²) < 4.78 is 8.28.